The van der Waals surface area contributed by atoms with Crippen molar-refractivity contribution in [1.82, 2.24) is 0 Å². The third-order valence-corrected chi connectivity index (χ3v) is 3.62. The molecule has 0 fully saturated rings. The fraction of sp³-hybridized carbons (Fsp3) is 0.917. The molecule has 0 rings (SSSR count). The van der Waals surface area contributed by atoms with Crippen molar-refractivity contribution in [1.29, 1.82) is 0 Å². The zero-order valence-corrected chi connectivity index (χ0v) is 11.8. The van der Waals surface area contributed by atoms with Gasteiger partial charge in [-0.1, -0.05) is 27.2 Å². The molecule has 0 aliphatic heterocycles. The second kappa shape index (κ2) is 6.41. The van der Waals surface area contributed by atoms with E-state index in [1.54, 1.807) is 0 Å². The molecule has 2 nitrogen and oxygen atoms in total. The van der Waals surface area contributed by atoms with E-state index >= 15 is 0 Å². The Balaban J connectivity index is 4.61. The molecule has 90 valence electrons. The lowest BCUT2D eigenvalue weighted by molar-refractivity contribution is 0.649. The Bertz CT molecular complexity index is 238. The van der Waals surface area contributed by atoms with Crippen LogP contribution < -0.4 is 0 Å². The summed E-state index contributed by atoms with van der Waals surface area (Å²) in [6.07, 6.45) is 3.28. The maximum Gasteiger partial charge on any atom is 0.144 e. The van der Waals surface area contributed by atoms with Crippen molar-refractivity contribution in [3.8, 4) is 0 Å². The van der Waals surface area contributed by atoms with Crippen LogP contribution in [-0.4, -0.2) is 14.7 Å². The third-order valence-electron chi connectivity index (χ3n) is 2.18. The van der Waals surface area contributed by atoms with Gasteiger partial charge in [0.1, 0.15) is 11.0 Å². The summed E-state index contributed by atoms with van der Waals surface area (Å²) in [5.41, 5.74) is 1.10. The molecule has 1 atom stereocenters. The van der Waals surface area contributed by atoms with E-state index in [1.165, 1.54) is 0 Å². The van der Waals surface area contributed by atoms with Crippen LogP contribution in [0.1, 0.15) is 60.8 Å². The first kappa shape index (κ1) is 14.8. The molecular weight excluding hydrogens is 206 g/mol. The van der Waals surface area contributed by atoms with Gasteiger partial charge in [0.05, 0.1) is 4.75 Å². The molecule has 15 heavy (non-hydrogen) atoms. The van der Waals surface area contributed by atoms with Gasteiger partial charge in [0, 0.05) is 5.71 Å². The lowest BCUT2D eigenvalue weighted by Gasteiger charge is -2.16. The van der Waals surface area contributed by atoms with E-state index < -0.39 is 11.0 Å². The first-order valence-corrected chi connectivity index (χ1v) is 6.89. The first-order chi connectivity index (χ1) is 6.79. The summed E-state index contributed by atoms with van der Waals surface area (Å²) in [5, 5.41) is 0. The Kier molecular flexibility index (Phi) is 6.34. The number of hydrogen-bond acceptors (Lipinski definition) is 1. The topological polar surface area (TPSA) is 29.4 Å². The molecule has 0 heterocycles. The van der Waals surface area contributed by atoms with Gasteiger partial charge in [0.15, 0.2) is 0 Å². The van der Waals surface area contributed by atoms with E-state index in [4.69, 9.17) is 0 Å². The van der Waals surface area contributed by atoms with Crippen molar-refractivity contribution in [2.24, 2.45) is 10.3 Å². The number of nitrogens with zero attached hydrogens (tertiary/aromatic N) is 1. The van der Waals surface area contributed by atoms with E-state index in [0.717, 1.165) is 25.0 Å². The Morgan fingerprint density at radius 1 is 1.33 bits per heavy atom. The second-order valence-corrected chi connectivity index (χ2v) is 7.11. The Hall–Kier alpha value is -0.180. The Labute approximate surface area is 97.2 Å². The maximum absolute atomic E-state index is 11.9. The van der Waals surface area contributed by atoms with E-state index in [2.05, 4.69) is 25.2 Å². The van der Waals surface area contributed by atoms with Crippen LogP contribution in [0.4, 0.5) is 0 Å². The van der Waals surface area contributed by atoms with E-state index in [-0.39, 0.29) is 4.75 Å². The zero-order valence-electron chi connectivity index (χ0n) is 11.0. The summed E-state index contributed by atoms with van der Waals surface area (Å²) in [6.45, 7) is 12.3. The molecule has 0 spiro atoms. The van der Waals surface area contributed by atoms with Crippen LogP contribution >= 0.6 is 0 Å². The molecule has 0 aliphatic rings. The summed E-state index contributed by atoms with van der Waals surface area (Å²) in [4.78, 5) is 0. The van der Waals surface area contributed by atoms with Crippen LogP contribution in [0.5, 0.6) is 0 Å². The normalized spacial score (nSPS) is 15.8. The van der Waals surface area contributed by atoms with Gasteiger partial charge >= 0.3 is 0 Å². The van der Waals surface area contributed by atoms with Crippen LogP contribution in [0.25, 0.3) is 0 Å². The van der Waals surface area contributed by atoms with E-state index in [9.17, 15) is 4.21 Å². The first-order valence-electron chi connectivity index (χ1n) is 5.78. The molecule has 0 aliphatic carbocycles. The van der Waals surface area contributed by atoms with Crippen molar-refractivity contribution in [3.05, 3.63) is 0 Å². The molecule has 0 saturated heterocycles. The largest absolute Gasteiger partial charge is 0.234 e. The quantitative estimate of drug-likeness (QED) is 0.663. The predicted molar refractivity (Wildman–Crippen MR) is 69.7 cm³/mol. The minimum absolute atomic E-state index is 0.244. The highest BCUT2D eigenvalue weighted by atomic mass is 32.2. The lowest BCUT2D eigenvalue weighted by Crippen LogP contribution is -2.22. The SMILES string of the molecule is CCCC/C(=N\[S@](=O)C(C)(C)C)C(C)C. The van der Waals surface area contributed by atoms with Crippen LogP contribution in [0.2, 0.25) is 0 Å². The number of rotatable bonds is 5. The highest BCUT2D eigenvalue weighted by Gasteiger charge is 2.20. The molecule has 3 heteroatoms. The van der Waals surface area contributed by atoms with Crippen molar-refractivity contribution >= 4 is 16.7 Å². The highest BCUT2D eigenvalue weighted by molar-refractivity contribution is 7.85. The summed E-state index contributed by atoms with van der Waals surface area (Å²) >= 11 is 0. The van der Waals surface area contributed by atoms with Gasteiger partial charge in [-0.2, -0.15) is 4.40 Å². The Morgan fingerprint density at radius 3 is 2.20 bits per heavy atom. The minimum atomic E-state index is -1.10. The molecule has 0 saturated carbocycles. The lowest BCUT2D eigenvalue weighted by atomic mass is 10.0. The van der Waals surface area contributed by atoms with Gasteiger partial charge in [-0.25, -0.2) is 4.21 Å². The molecule has 0 N–H and O–H groups in total. The van der Waals surface area contributed by atoms with Gasteiger partial charge in [-0.05, 0) is 39.5 Å². The van der Waals surface area contributed by atoms with Crippen molar-refractivity contribution < 1.29 is 4.21 Å². The molecule has 0 aromatic carbocycles. The molecule has 0 amide bonds. The molecule has 0 bridgehead atoms. The molecular formula is C12H25NOS. The third kappa shape index (κ3) is 6.08. The summed E-state index contributed by atoms with van der Waals surface area (Å²) in [7, 11) is -1.10. The average Bonchev–Trinajstić information content (AvgIpc) is 2.09. The van der Waals surface area contributed by atoms with Crippen LogP contribution in [0.3, 0.4) is 0 Å². The van der Waals surface area contributed by atoms with E-state index in [0.29, 0.717) is 5.92 Å². The Morgan fingerprint density at radius 2 is 1.87 bits per heavy atom. The summed E-state index contributed by atoms with van der Waals surface area (Å²) in [5.74, 6) is 0.405. The summed E-state index contributed by atoms with van der Waals surface area (Å²) in [6, 6.07) is 0. The molecule has 0 unspecified atom stereocenters. The standard InChI is InChI=1S/C12H25NOS/c1-7-8-9-11(10(2)3)13-15(14)12(4,5)6/h10H,7-9H2,1-6H3/b13-11+/t15-/m1/s1. The maximum atomic E-state index is 11.9. The minimum Gasteiger partial charge on any atom is -0.234 e. The van der Waals surface area contributed by atoms with Crippen LogP contribution in [0.15, 0.2) is 4.40 Å². The smallest absolute Gasteiger partial charge is 0.144 e. The van der Waals surface area contributed by atoms with Gasteiger partial charge in [-0.15, -0.1) is 0 Å². The molecule has 0 aromatic rings. The van der Waals surface area contributed by atoms with Gasteiger partial charge in [0.25, 0.3) is 0 Å². The van der Waals surface area contributed by atoms with Crippen molar-refractivity contribution in [2.45, 2.75) is 65.6 Å². The van der Waals surface area contributed by atoms with Gasteiger partial charge in [0.2, 0.25) is 0 Å². The predicted octanol–water partition coefficient (Wildman–Crippen LogP) is 3.74. The van der Waals surface area contributed by atoms with Gasteiger partial charge in [-0.3, -0.25) is 0 Å². The summed E-state index contributed by atoms with van der Waals surface area (Å²) < 4.78 is 16.0. The fourth-order valence-electron chi connectivity index (χ4n) is 1.04. The zero-order chi connectivity index (χ0) is 12.1. The van der Waals surface area contributed by atoms with Crippen LogP contribution in [-0.2, 0) is 11.0 Å². The molecule has 0 radical (unpaired) electrons. The van der Waals surface area contributed by atoms with E-state index in [1.807, 2.05) is 20.8 Å². The number of unbranched alkanes of at least 4 members (excludes halogenated alkanes) is 1. The second-order valence-electron chi connectivity index (χ2n) is 5.20. The number of hydrogen-bond donors (Lipinski definition) is 0. The fourth-order valence-corrected chi connectivity index (χ4v) is 1.83. The molecule has 0 aromatic heterocycles. The van der Waals surface area contributed by atoms with Gasteiger partial charge < -0.3 is 0 Å². The highest BCUT2D eigenvalue weighted by Crippen LogP contribution is 2.15. The average molecular weight is 231 g/mol. The monoisotopic (exact) mass is 231 g/mol. The van der Waals surface area contributed by atoms with Crippen molar-refractivity contribution in [2.75, 3.05) is 0 Å². The van der Waals surface area contributed by atoms with Crippen LogP contribution in [0, 0.1) is 5.92 Å². The van der Waals surface area contributed by atoms with Crippen molar-refractivity contribution in [3.63, 3.8) is 0 Å².